The molecule has 0 aliphatic carbocycles. The summed E-state index contributed by atoms with van der Waals surface area (Å²) in [5.74, 6) is -1.54. The summed E-state index contributed by atoms with van der Waals surface area (Å²) in [5.41, 5.74) is 0.663. The van der Waals surface area contributed by atoms with Crippen molar-refractivity contribution < 1.29 is 33.3 Å². The maximum absolute atomic E-state index is 13.6. The van der Waals surface area contributed by atoms with Crippen molar-refractivity contribution in [1.82, 2.24) is 4.90 Å². The van der Waals surface area contributed by atoms with Gasteiger partial charge in [-0.2, -0.15) is 0 Å². The smallest absolute Gasteiger partial charge is 0.295 e. The Kier molecular flexibility index (Phi) is 8.28. The van der Waals surface area contributed by atoms with Crippen molar-refractivity contribution in [2.45, 2.75) is 39.8 Å². The first-order valence-corrected chi connectivity index (χ1v) is 11.3. The third-order valence-electron chi connectivity index (χ3n) is 5.33. The lowest BCUT2D eigenvalue weighted by Gasteiger charge is -2.26. The fraction of sp³-hybridized carbons (Fsp3) is 0.385. The van der Waals surface area contributed by atoms with Crippen LogP contribution in [0.3, 0.4) is 0 Å². The molecule has 2 aromatic carbocycles. The first-order valence-electron chi connectivity index (χ1n) is 11.3. The van der Waals surface area contributed by atoms with Crippen LogP contribution < -0.4 is 9.47 Å². The van der Waals surface area contributed by atoms with Gasteiger partial charge in [-0.1, -0.05) is 12.1 Å². The molecule has 0 aromatic heterocycles. The van der Waals surface area contributed by atoms with Crippen molar-refractivity contribution in [2.75, 3.05) is 26.4 Å². The number of ketones is 1. The van der Waals surface area contributed by atoms with Gasteiger partial charge < -0.3 is 24.2 Å². The minimum absolute atomic E-state index is 0.0568. The summed E-state index contributed by atoms with van der Waals surface area (Å²) in [4.78, 5) is 27.5. The largest absolute Gasteiger partial charge is 0.507 e. The van der Waals surface area contributed by atoms with Gasteiger partial charge in [0, 0.05) is 12.6 Å². The van der Waals surface area contributed by atoms with E-state index in [1.165, 1.54) is 29.2 Å². The number of Topliss-reactive ketones (excluding diaryl/α,β-unsaturated/α-hetero) is 1. The fourth-order valence-electron chi connectivity index (χ4n) is 3.86. The van der Waals surface area contributed by atoms with Gasteiger partial charge in [0.1, 0.15) is 23.1 Å². The van der Waals surface area contributed by atoms with E-state index in [4.69, 9.17) is 14.2 Å². The van der Waals surface area contributed by atoms with E-state index < -0.39 is 23.5 Å². The molecule has 0 saturated carbocycles. The molecule has 0 spiro atoms. The molecule has 1 atom stereocenters. The topological polar surface area (TPSA) is 85.3 Å². The average molecular weight is 472 g/mol. The molecule has 2 aromatic rings. The lowest BCUT2D eigenvalue weighted by Crippen LogP contribution is -2.33. The molecule has 1 aliphatic heterocycles. The molecule has 34 heavy (non-hydrogen) atoms. The summed E-state index contributed by atoms with van der Waals surface area (Å²) in [6, 6.07) is 9.46. The Morgan fingerprint density at radius 3 is 2.35 bits per heavy atom. The highest BCUT2D eigenvalue weighted by Gasteiger charge is 2.46. The molecule has 1 amide bonds. The second-order valence-electron chi connectivity index (χ2n) is 7.99. The molecule has 1 N–H and O–H groups in total. The van der Waals surface area contributed by atoms with E-state index in [9.17, 15) is 19.1 Å². The molecular formula is C26H30FNO6. The van der Waals surface area contributed by atoms with Crippen LogP contribution in [0.5, 0.6) is 11.5 Å². The number of aliphatic hydroxyl groups is 1. The second kappa shape index (κ2) is 11.2. The van der Waals surface area contributed by atoms with E-state index in [-0.39, 0.29) is 36.2 Å². The van der Waals surface area contributed by atoms with Crippen molar-refractivity contribution >= 4 is 17.4 Å². The predicted octanol–water partition coefficient (Wildman–Crippen LogP) is 4.47. The Bertz CT molecular complexity index is 1060. The number of halogens is 1. The molecule has 0 radical (unpaired) electrons. The first-order chi connectivity index (χ1) is 16.3. The zero-order valence-electron chi connectivity index (χ0n) is 19.8. The van der Waals surface area contributed by atoms with Crippen LogP contribution in [0.1, 0.15) is 44.9 Å². The molecule has 7 nitrogen and oxygen atoms in total. The number of amides is 1. The highest BCUT2D eigenvalue weighted by molar-refractivity contribution is 6.46. The Morgan fingerprint density at radius 1 is 1.06 bits per heavy atom. The summed E-state index contributed by atoms with van der Waals surface area (Å²) >= 11 is 0. The molecule has 1 fully saturated rings. The van der Waals surface area contributed by atoms with Gasteiger partial charge in [-0.3, -0.25) is 9.59 Å². The van der Waals surface area contributed by atoms with Crippen molar-refractivity contribution in [1.29, 1.82) is 0 Å². The maximum Gasteiger partial charge on any atom is 0.295 e. The standard InChI is InChI=1S/C26H30FNO6/c1-5-32-19-11-12-20(21(15-19)33-6-2)24(29)22-23(17-7-9-18(27)10-8-17)28(26(31)25(22)30)13-14-34-16(3)4/h7-12,15-16,23,29H,5-6,13-14H2,1-4H3/b24-22-. The minimum atomic E-state index is -0.905. The lowest BCUT2D eigenvalue weighted by atomic mass is 9.95. The number of ether oxygens (including phenoxy) is 3. The third kappa shape index (κ3) is 5.39. The Labute approximate surface area is 198 Å². The number of aliphatic hydroxyl groups excluding tert-OH is 1. The number of benzene rings is 2. The summed E-state index contributed by atoms with van der Waals surface area (Å²) in [7, 11) is 0. The van der Waals surface area contributed by atoms with E-state index in [0.29, 0.717) is 30.3 Å². The van der Waals surface area contributed by atoms with Gasteiger partial charge in [0.25, 0.3) is 11.7 Å². The van der Waals surface area contributed by atoms with Crippen LogP contribution in [0.4, 0.5) is 4.39 Å². The molecule has 1 saturated heterocycles. The molecule has 182 valence electrons. The van der Waals surface area contributed by atoms with Gasteiger partial charge in [-0.25, -0.2) is 4.39 Å². The highest BCUT2D eigenvalue weighted by Crippen LogP contribution is 2.41. The Balaban J connectivity index is 2.13. The molecule has 1 aliphatic rings. The second-order valence-corrected chi connectivity index (χ2v) is 7.99. The molecule has 1 unspecified atom stereocenters. The van der Waals surface area contributed by atoms with Crippen molar-refractivity contribution in [3.8, 4) is 11.5 Å². The number of carbonyl (C=O) groups excluding carboxylic acids is 2. The van der Waals surface area contributed by atoms with Crippen LogP contribution in [-0.2, 0) is 14.3 Å². The summed E-state index contributed by atoms with van der Waals surface area (Å²) in [6.45, 7) is 8.48. The summed E-state index contributed by atoms with van der Waals surface area (Å²) in [6.07, 6.45) is -0.0568. The van der Waals surface area contributed by atoms with E-state index in [1.807, 2.05) is 20.8 Å². The van der Waals surface area contributed by atoms with Crippen LogP contribution in [0.25, 0.3) is 5.76 Å². The third-order valence-corrected chi connectivity index (χ3v) is 5.33. The van der Waals surface area contributed by atoms with Crippen LogP contribution in [0.15, 0.2) is 48.0 Å². The van der Waals surface area contributed by atoms with Gasteiger partial charge in [0.2, 0.25) is 0 Å². The minimum Gasteiger partial charge on any atom is -0.507 e. The SMILES string of the molecule is CCOc1ccc(/C(O)=C2/C(=O)C(=O)N(CCOC(C)C)C2c2ccc(F)cc2)c(OCC)c1. The molecule has 1 heterocycles. The van der Waals surface area contributed by atoms with Crippen LogP contribution in [-0.4, -0.2) is 54.2 Å². The lowest BCUT2D eigenvalue weighted by molar-refractivity contribution is -0.140. The average Bonchev–Trinajstić information content (AvgIpc) is 3.05. The van der Waals surface area contributed by atoms with Gasteiger partial charge >= 0.3 is 0 Å². The van der Waals surface area contributed by atoms with Gasteiger partial charge in [0.15, 0.2) is 0 Å². The number of likely N-dealkylation sites (tertiary alicyclic amines) is 1. The molecule has 0 bridgehead atoms. The zero-order valence-corrected chi connectivity index (χ0v) is 19.8. The normalized spacial score (nSPS) is 17.5. The number of carbonyl (C=O) groups is 2. The van der Waals surface area contributed by atoms with Crippen LogP contribution >= 0.6 is 0 Å². The van der Waals surface area contributed by atoms with E-state index in [0.717, 1.165) is 0 Å². The first kappa shape index (κ1) is 25.2. The zero-order chi connectivity index (χ0) is 24.8. The molecule has 3 rings (SSSR count). The quantitative estimate of drug-likeness (QED) is 0.313. The number of hydrogen-bond acceptors (Lipinski definition) is 6. The maximum atomic E-state index is 13.6. The van der Waals surface area contributed by atoms with Crippen LogP contribution in [0.2, 0.25) is 0 Å². The van der Waals surface area contributed by atoms with E-state index in [1.54, 1.807) is 25.1 Å². The number of rotatable bonds is 10. The van der Waals surface area contributed by atoms with E-state index in [2.05, 4.69) is 0 Å². The molecule has 8 heteroatoms. The Hall–Kier alpha value is -3.39. The van der Waals surface area contributed by atoms with Gasteiger partial charge in [0.05, 0.1) is 43.1 Å². The summed E-state index contributed by atoms with van der Waals surface area (Å²) < 4.78 is 30.4. The van der Waals surface area contributed by atoms with Gasteiger partial charge in [-0.05, 0) is 57.5 Å². The fourth-order valence-corrected chi connectivity index (χ4v) is 3.86. The Morgan fingerprint density at radius 2 is 1.74 bits per heavy atom. The monoisotopic (exact) mass is 471 g/mol. The number of nitrogens with zero attached hydrogens (tertiary/aromatic N) is 1. The molecular weight excluding hydrogens is 441 g/mol. The van der Waals surface area contributed by atoms with Crippen molar-refractivity contribution in [3.05, 3.63) is 65.0 Å². The van der Waals surface area contributed by atoms with Crippen molar-refractivity contribution in [2.24, 2.45) is 0 Å². The van der Waals surface area contributed by atoms with Crippen molar-refractivity contribution in [3.63, 3.8) is 0 Å². The van der Waals surface area contributed by atoms with E-state index >= 15 is 0 Å². The van der Waals surface area contributed by atoms with Gasteiger partial charge in [-0.15, -0.1) is 0 Å². The summed E-state index contributed by atoms with van der Waals surface area (Å²) in [5, 5.41) is 11.3. The number of hydrogen-bond donors (Lipinski definition) is 1. The highest BCUT2D eigenvalue weighted by atomic mass is 19.1. The van der Waals surface area contributed by atoms with Crippen LogP contribution in [0, 0.1) is 5.82 Å². The predicted molar refractivity (Wildman–Crippen MR) is 125 cm³/mol.